The summed E-state index contributed by atoms with van der Waals surface area (Å²) in [6, 6.07) is 52.7. The lowest BCUT2D eigenvalue weighted by molar-refractivity contribution is 0.654. The van der Waals surface area contributed by atoms with Crippen molar-refractivity contribution in [1.82, 2.24) is 14.5 Å². The minimum absolute atomic E-state index is 0.585. The summed E-state index contributed by atoms with van der Waals surface area (Å²) in [4.78, 5) is 10.1. The van der Waals surface area contributed by atoms with Crippen molar-refractivity contribution in [3.05, 3.63) is 152 Å². The first-order chi connectivity index (χ1) is 21.8. The van der Waals surface area contributed by atoms with Gasteiger partial charge in [-0.3, -0.25) is 0 Å². The fraction of sp³-hybridized carbons (Fsp3) is 0. The fourth-order valence-corrected chi connectivity index (χ4v) is 6.39. The highest BCUT2D eigenvalue weighted by Gasteiger charge is 2.21. The molecule has 4 nitrogen and oxygen atoms in total. The molecule has 0 amide bonds. The average Bonchev–Trinajstić information content (AvgIpc) is 3.62. The van der Waals surface area contributed by atoms with Crippen LogP contribution in [0.4, 0.5) is 0 Å². The van der Waals surface area contributed by atoms with Gasteiger partial charge in [-0.05, 0) is 41.5 Å². The lowest BCUT2D eigenvalue weighted by Crippen LogP contribution is -1.95. The van der Waals surface area contributed by atoms with E-state index >= 15 is 0 Å². The van der Waals surface area contributed by atoms with Gasteiger partial charge in [0.25, 0.3) is 0 Å². The zero-order valence-corrected chi connectivity index (χ0v) is 23.7. The van der Waals surface area contributed by atoms with Gasteiger partial charge in [-0.25, -0.2) is 4.98 Å². The van der Waals surface area contributed by atoms with Crippen molar-refractivity contribution < 1.29 is 4.42 Å². The molecule has 9 aromatic rings. The molecule has 3 aromatic heterocycles. The number of benzene rings is 6. The van der Waals surface area contributed by atoms with Gasteiger partial charge in [-0.2, -0.15) is 4.98 Å². The van der Waals surface area contributed by atoms with Crippen LogP contribution < -0.4 is 0 Å². The number of para-hydroxylation sites is 1. The van der Waals surface area contributed by atoms with Crippen LogP contribution in [0.2, 0.25) is 0 Å². The van der Waals surface area contributed by atoms with E-state index < -0.39 is 0 Å². The predicted molar refractivity (Wildman–Crippen MR) is 180 cm³/mol. The highest BCUT2D eigenvalue weighted by atomic mass is 16.3. The number of fused-ring (bicyclic) bond motifs is 6. The van der Waals surface area contributed by atoms with Crippen LogP contribution in [-0.4, -0.2) is 14.5 Å². The molecule has 9 rings (SSSR count). The quantitative estimate of drug-likeness (QED) is 0.214. The minimum Gasteiger partial charge on any atom is -0.438 e. The molecule has 3 heterocycles. The first-order valence-corrected chi connectivity index (χ1v) is 14.8. The van der Waals surface area contributed by atoms with Gasteiger partial charge in [0.15, 0.2) is 5.82 Å². The van der Waals surface area contributed by atoms with Crippen LogP contribution in [0.25, 0.3) is 83.3 Å². The number of rotatable bonds is 4. The number of aromatic nitrogens is 3. The number of nitrogens with zero attached hydrogens (tertiary/aromatic N) is 3. The van der Waals surface area contributed by atoms with E-state index in [4.69, 9.17) is 14.4 Å². The second kappa shape index (κ2) is 9.79. The number of hydrogen-bond donors (Lipinski definition) is 0. The van der Waals surface area contributed by atoms with Crippen LogP contribution in [0.1, 0.15) is 0 Å². The van der Waals surface area contributed by atoms with Crippen molar-refractivity contribution in [1.29, 1.82) is 0 Å². The molecule has 6 aromatic carbocycles. The Kier molecular flexibility index (Phi) is 5.47. The maximum absolute atomic E-state index is 6.57. The van der Waals surface area contributed by atoms with Crippen LogP contribution in [0.3, 0.4) is 0 Å². The Labute approximate surface area is 253 Å². The molecule has 0 radical (unpaired) electrons. The van der Waals surface area contributed by atoms with E-state index in [1.54, 1.807) is 0 Å². The Balaban J connectivity index is 1.36. The van der Waals surface area contributed by atoms with Gasteiger partial charge < -0.3 is 8.98 Å². The SMILES string of the molecule is c1ccc(-c2cccc(-n3c4ccccc4c4cc5oc6nc(-c7ccccc7)nc(-c7ccccc7)c6c5cc43)c2)cc1. The third-order valence-corrected chi connectivity index (χ3v) is 8.42. The fourth-order valence-electron chi connectivity index (χ4n) is 6.39. The van der Waals surface area contributed by atoms with Crippen LogP contribution in [0, 0.1) is 0 Å². The Hall–Kier alpha value is -6.00. The first kappa shape index (κ1) is 24.6. The topological polar surface area (TPSA) is 43.9 Å². The summed E-state index contributed by atoms with van der Waals surface area (Å²) in [6.07, 6.45) is 0. The lowest BCUT2D eigenvalue weighted by atomic mass is 10.0. The van der Waals surface area contributed by atoms with E-state index in [1.807, 2.05) is 48.5 Å². The Morgan fingerprint density at radius 1 is 0.455 bits per heavy atom. The van der Waals surface area contributed by atoms with Crippen molar-refractivity contribution in [2.75, 3.05) is 0 Å². The third kappa shape index (κ3) is 3.85. The second-order valence-corrected chi connectivity index (χ2v) is 11.0. The molecule has 0 unspecified atom stereocenters. The van der Waals surface area contributed by atoms with E-state index in [1.165, 1.54) is 16.5 Å². The van der Waals surface area contributed by atoms with E-state index in [0.717, 1.165) is 55.3 Å². The first-order valence-electron chi connectivity index (χ1n) is 14.8. The molecule has 44 heavy (non-hydrogen) atoms. The van der Waals surface area contributed by atoms with Crippen molar-refractivity contribution in [2.24, 2.45) is 0 Å². The molecule has 0 aliphatic carbocycles. The molecule has 0 bridgehead atoms. The van der Waals surface area contributed by atoms with Gasteiger partial charge >= 0.3 is 0 Å². The standard InChI is InChI=1S/C40H25N3O/c1-4-13-26(14-5-1)29-19-12-20-30(23-29)43-34-22-11-10-21-31(34)32-25-36-33(24-35(32)43)37-38(27-15-6-2-7-16-27)41-39(42-40(37)44-36)28-17-8-3-9-18-28/h1-25H. The molecular formula is C40H25N3O. The highest BCUT2D eigenvalue weighted by Crippen LogP contribution is 2.41. The van der Waals surface area contributed by atoms with Gasteiger partial charge in [0.1, 0.15) is 5.58 Å². The average molecular weight is 564 g/mol. The molecule has 0 spiro atoms. The maximum Gasteiger partial charge on any atom is 0.231 e. The smallest absolute Gasteiger partial charge is 0.231 e. The van der Waals surface area contributed by atoms with Crippen molar-refractivity contribution in [3.63, 3.8) is 0 Å². The van der Waals surface area contributed by atoms with Gasteiger partial charge in [0.2, 0.25) is 5.71 Å². The molecule has 0 saturated carbocycles. The molecule has 0 fully saturated rings. The van der Waals surface area contributed by atoms with Gasteiger partial charge in [0, 0.05) is 33.0 Å². The Morgan fingerprint density at radius 3 is 1.89 bits per heavy atom. The Morgan fingerprint density at radius 2 is 1.11 bits per heavy atom. The zero-order chi connectivity index (χ0) is 29.0. The lowest BCUT2D eigenvalue weighted by Gasteiger charge is -2.10. The molecular weight excluding hydrogens is 538 g/mol. The van der Waals surface area contributed by atoms with Crippen molar-refractivity contribution >= 4 is 43.9 Å². The van der Waals surface area contributed by atoms with Crippen LogP contribution >= 0.6 is 0 Å². The van der Waals surface area contributed by atoms with Gasteiger partial charge in [-0.1, -0.05) is 121 Å². The van der Waals surface area contributed by atoms with Crippen molar-refractivity contribution in [3.8, 4) is 39.5 Å². The molecule has 4 heteroatoms. The van der Waals surface area contributed by atoms with Crippen molar-refractivity contribution in [2.45, 2.75) is 0 Å². The summed E-state index contributed by atoms with van der Waals surface area (Å²) in [5, 5.41) is 4.22. The normalized spacial score (nSPS) is 11.6. The summed E-state index contributed by atoms with van der Waals surface area (Å²) in [5.41, 5.74) is 9.95. The molecule has 0 aliphatic heterocycles. The summed E-state index contributed by atoms with van der Waals surface area (Å²) < 4.78 is 8.92. The number of hydrogen-bond acceptors (Lipinski definition) is 3. The zero-order valence-electron chi connectivity index (χ0n) is 23.7. The largest absolute Gasteiger partial charge is 0.438 e. The molecule has 206 valence electrons. The van der Waals surface area contributed by atoms with Gasteiger partial charge in [0.05, 0.1) is 22.1 Å². The maximum atomic E-state index is 6.57. The molecule has 0 saturated heterocycles. The van der Waals surface area contributed by atoms with Crippen LogP contribution in [0.5, 0.6) is 0 Å². The van der Waals surface area contributed by atoms with E-state index in [-0.39, 0.29) is 0 Å². The van der Waals surface area contributed by atoms with E-state index in [9.17, 15) is 0 Å². The summed E-state index contributed by atoms with van der Waals surface area (Å²) in [5.74, 6) is 0.647. The van der Waals surface area contributed by atoms with Crippen LogP contribution in [0.15, 0.2) is 156 Å². The molecule has 0 N–H and O–H groups in total. The number of furan rings is 1. The minimum atomic E-state index is 0.585. The highest BCUT2D eigenvalue weighted by molar-refractivity contribution is 6.19. The third-order valence-electron chi connectivity index (χ3n) is 8.42. The van der Waals surface area contributed by atoms with E-state index in [0.29, 0.717) is 11.5 Å². The predicted octanol–water partition coefficient (Wildman–Crippen LogP) is 10.5. The van der Waals surface area contributed by atoms with E-state index in [2.05, 4.69) is 108 Å². The van der Waals surface area contributed by atoms with Crippen LogP contribution in [-0.2, 0) is 0 Å². The second-order valence-electron chi connectivity index (χ2n) is 11.0. The Bertz CT molecular complexity index is 2480. The molecule has 0 atom stereocenters. The molecule has 0 aliphatic rings. The summed E-state index contributed by atoms with van der Waals surface area (Å²) >= 11 is 0. The monoisotopic (exact) mass is 563 g/mol. The summed E-state index contributed by atoms with van der Waals surface area (Å²) in [7, 11) is 0. The van der Waals surface area contributed by atoms with Gasteiger partial charge in [-0.15, -0.1) is 0 Å². The summed E-state index contributed by atoms with van der Waals surface area (Å²) in [6.45, 7) is 0.